The summed E-state index contributed by atoms with van der Waals surface area (Å²) in [7, 11) is 2.88. The zero-order valence-corrected chi connectivity index (χ0v) is 15.8. The van der Waals surface area contributed by atoms with Crippen molar-refractivity contribution in [2.45, 2.75) is 6.16 Å². The highest BCUT2D eigenvalue weighted by Crippen LogP contribution is 2.42. The summed E-state index contributed by atoms with van der Waals surface area (Å²) in [6.45, 7) is 0. The molecule has 0 radical (unpaired) electrons. The average Bonchev–Trinajstić information content (AvgIpc) is 2.74. The molecule has 4 aromatic carbocycles. The van der Waals surface area contributed by atoms with Crippen molar-refractivity contribution in [2.24, 2.45) is 0 Å². The molecule has 4 rings (SSSR count). The fraction of sp³-hybridized carbons (Fsp3) is 0.0400. The third-order valence-corrected chi connectivity index (χ3v) is 5.16. The van der Waals surface area contributed by atoms with Crippen molar-refractivity contribution < 1.29 is 0 Å². The summed E-state index contributed by atoms with van der Waals surface area (Å²) in [5.41, 5.74) is 9.03. The second kappa shape index (κ2) is 7.68. The van der Waals surface area contributed by atoms with Crippen LogP contribution in [0.5, 0.6) is 0 Å². The van der Waals surface area contributed by atoms with Crippen molar-refractivity contribution in [1.82, 2.24) is 0 Å². The maximum absolute atomic E-state index is 2.88. The lowest BCUT2D eigenvalue weighted by Crippen LogP contribution is -1.95. The van der Waals surface area contributed by atoms with Gasteiger partial charge in [0.2, 0.25) is 0 Å². The molecule has 26 heavy (non-hydrogen) atoms. The van der Waals surface area contributed by atoms with Gasteiger partial charge in [-0.2, -0.15) is 0 Å². The molecule has 126 valence electrons. The van der Waals surface area contributed by atoms with Crippen LogP contribution in [0.1, 0.15) is 5.56 Å². The molecule has 0 amide bonds. The highest BCUT2D eigenvalue weighted by Gasteiger charge is 2.16. The Morgan fingerprint density at radius 3 is 1.42 bits per heavy atom. The summed E-state index contributed by atoms with van der Waals surface area (Å²) >= 11 is 0. The molecule has 0 aliphatic carbocycles. The Morgan fingerprint density at radius 2 is 0.923 bits per heavy atom. The first-order chi connectivity index (χ1) is 12.9. The van der Waals surface area contributed by atoms with Crippen LogP contribution in [0, 0.1) is 0 Å². The lowest BCUT2D eigenvalue weighted by Gasteiger charge is -2.19. The monoisotopic (exact) mass is 352 g/mol. The molecule has 0 saturated heterocycles. The Kier molecular flexibility index (Phi) is 4.95. The van der Waals surface area contributed by atoms with Crippen LogP contribution in [-0.2, 0) is 6.16 Å². The van der Waals surface area contributed by atoms with Crippen molar-refractivity contribution in [1.29, 1.82) is 0 Å². The molecule has 4 aromatic rings. The number of hydrogen-bond donors (Lipinski definition) is 0. The van der Waals surface area contributed by atoms with Crippen LogP contribution >= 0.6 is 9.24 Å². The van der Waals surface area contributed by atoms with Gasteiger partial charge < -0.3 is 0 Å². The Bertz CT molecular complexity index is 990. The van der Waals surface area contributed by atoms with Crippen molar-refractivity contribution >= 4 is 9.24 Å². The lowest BCUT2D eigenvalue weighted by molar-refractivity contribution is 1.41. The largest absolute Gasteiger partial charge is 0.133 e. The molecule has 1 heteroatoms. The molecule has 0 nitrogen and oxygen atoms in total. The van der Waals surface area contributed by atoms with Gasteiger partial charge in [0.15, 0.2) is 0 Å². The summed E-state index contributed by atoms with van der Waals surface area (Å²) < 4.78 is 0. The summed E-state index contributed by atoms with van der Waals surface area (Å²) in [5, 5.41) is 0. The summed E-state index contributed by atoms with van der Waals surface area (Å²) in [4.78, 5) is 0. The van der Waals surface area contributed by atoms with Crippen LogP contribution in [-0.4, -0.2) is 0 Å². The first-order valence-corrected chi connectivity index (χ1v) is 9.72. The molecule has 1 atom stereocenters. The van der Waals surface area contributed by atoms with Crippen LogP contribution < -0.4 is 0 Å². The maximum atomic E-state index is 2.88. The normalized spacial score (nSPS) is 10.7. The molecule has 0 fully saturated rings. The van der Waals surface area contributed by atoms with Crippen LogP contribution in [0.25, 0.3) is 33.4 Å². The van der Waals surface area contributed by atoms with Crippen LogP contribution in [0.2, 0.25) is 0 Å². The third kappa shape index (κ3) is 3.21. The molecule has 0 aliphatic heterocycles. The van der Waals surface area contributed by atoms with E-state index in [1.54, 1.807) is 0 Å². The Hall–Kier alpha value is -2.69. The van der Waals surface area contributed by atoms with E-state index >= 15 is 0 Å². The van der Waals surface area contributed by atoms with E-state index in [1.807, 2.05) is 0 Å². The first kappa shape index (κ1) is 16.8. The van der Waals surface area contributed by atoms with E-state index in [9.17, 15) is 0 Å². The Balaban J connectivity index is 2.09. The SMILES string of the molecule is PCc1ccc(-c2ccccc2)c(-c2ccccc2)c1-c1ccccc1. The summed E-state index contributed by atoms with van der Waals surface area (Å²) in [5.74, 6) is 0. The highest BCUT2D eigenvalue weighted by molar-refractivity contribution is 7.15. The molecule has 0 aliphatic rings. The minimum Gasteiger partial charge on any atom is -0.133 e. The van der Waals surface area contributed by atoms with Gasteiger partial charge in [-0.1, -0.05) is 103 Å². The van der Waals surface area contributed by atoms with Crippen LogP contribution in [0.4, 0.5) is 0 Å². The molecule has 0 N–H and O–H groups in total. The predicted molar refractivity (Wildman–Crippen MR) is 116 cm³/mol. The van der Waals surface area contributed by atoms with E-state index in [-0.39, 0.29) is 0 Å². The van der Waals surface area contributed by atoms with Crippen molar-refractivity contribution in [3.05, 3.63) is 109 Å². The van der Waals surface area contributed by atoms with Crippen LogP contribution in [0.3, 0.4) is 0 Å². The lowest BCUT2D eigenvalue weighted by atomic mass is 9.85. The fourth-order valence-corrected chi connectivity index (χ4v) is 3.85. The molecule has 0 aromatic heterocycles. The van der Waals surface area contributed by atoms with Gasteiger partial charge in [-0.25, -0.2) is 0 Å². The van der Waals surface area contributed by atoms with E-state index in [0.29, 0.717) is 0 Å². The van der Waals surface area contributed by atoms with Crippen molar-refractivity contribution in [3.63, 3.8) is 0 Å². The number of hydrogen-bond acceptors (Lipinski definition) is 0. The van der Waals surface area contributed by atoms with Crippen molar-refractivity contribution in [2.75, 3.05) is 0 Å². The predicted octanol–water partition coefficient (Wildman–Crippen LogP) is 7.06. The van der Waals surface area contributed by atoms with Crippen molar-refractivity contribution in [3.8, 4) is 33.4 Å². The molecule has 1 unspecified atom stereocenters. The molecule has 0 bridgehead atoms. The standard InChI is InChI=1S/C25H21P/c26-18-22-16-17-23(19-10-4-1-5-11-19)25(21-14-8-3-9-15-21)24(22)20-12-6-2-7-13-20/h1-17H,18,26H2. The van der Waals surface area contributed by atoms with E-state index in [0.717, 1.165) is 6.16 Å². The number of rotatable bonds is 4. The van der Waals surface area contributed by atoms with E-state index < -0.39 is 0 Å². The molecular formula is C25H21P. The van der Waals surface area contributed by atoms with E-state index in [1.165, 1.54) is 38.9 Å². The zero-order valence-electron chi connectivity index (χ0n) is 14.6. The van der Waals surface area contributed by atoms with Gasteiger partial charge in [-0.3, -0.25) is 0 Å². The topological polar surface area (TPSA) is 0 Å². The maximum Gasteiger partial charge on any atom is -0.00239 e. The van der Waals surface area contributed by atoms with Gasteiger partial charge >= 0.3 is 0 Å². The third-order valence-electron chi connectivity index (χ3n) is 4.72. The molecule has 0 saturated carbocycles. The quantitative estimate of drug-likeness (QED) is 0.345. The van der Waals surface area contributed by atoms with E-state index in [4.69, 9.17) is 0 Å². The number of benzene rings is 4. The van der Waals surface area contributed by atoms with Gasteiger partial charge in [0.05, 0.1) is 0 Å². The average molecular weight is 352 g/mol. The van der Waals surface area contributed by atoms with E-state index in [2.05, 4.69) is 112 Å². The summed E-state index contributed by atoms with van der Waals surface area (Å²) in [6.07, 6.45) is 0.930. The first-order valence-electron chi connectivity index (χ1n) is 8.90. The smallest absolute Gasteiger partial charge is 0.00239 e. The second-order valence-electron chi connectivity index (χ2n) is 6.32. The Morgan fingerprint density at radius 1 is 0.462 bits per heavy atom. The van der Waals surface area contributed by atoms with Gasteiger partial charge in [-0.05, 0) is 45.1 Å². The van der Waals surface area contributed by atoms with Gasteiger partial charge in [0, 0.05) is 0 Å². The molecular weight excluding hydrogens is 331 g/mol. The van der Waals surface area contributed by atoms with Gasteiger partial charge in [0.25, 0.3) is 0 Å². The molecule has 0 spiro atoms. The van der Waals surface area contributed by atoms with Gasteiger partial charge in [-0.15, -0.1) is 9.24 Å². The fourth-order valence-electron chi connectivity index (χ4n) is 3.51. The zero-order chi connectivity index (χ0) is 17.8. The Labute approximate surface area is 157 Å². The summed E-state index contributed by atoms with van der Waals surface area (Å²) in [6, 6.07) is 36.7. The van der Waals surface area contributed by atoms with Crippen LogP contribution in [0.15, 0.2) is 103 Å². The second-order valence-corrected chi connectivity index (χ2v) is 6.73. The highest BCUT2D eigenvalue weighted by atomic mass is 31.0. The minimum atomic E-state index is 0.930. The minimum absolute atomic E-state index is 0.930. The van der Waals surface area contributed by atoms with Gasteiger partial charge in [0.1, 0.15) is 0 Å². The molecule has 0 heterocycles.